The number of halogens is 1. The van der Waals surface area contributed by atoms with Crippen molar-refractivity contribution in [1.82, 2.24) is 10.3 Å². The molecule has 132 valence electrons. The van der Waals surface area contributed by atoms with Crippen molar-refractivity contribution in [2.75, 3.05) is 25.1 Å². The summed E-state index contributed by atoms with van der Waals surface area (Å²) in [5.41, 5.74) is 2.10. The van der Waals surface area contributed by atoms with Gasteiger partial charge in [-0.05, 0) is 61.3 Å². The van der Waals surface area contributed by atoms with Gasteiger partial charge >= 0.3 is 0 Å². The van der Waals surface area contributed by atoms with Crippen LogP contribution in [0, 0.1) is 12.7 Å². The van der Waals surface area contributed by atoms with E-state index in [0.717, 1.165) is 24.0 Å². The van der Waals surface area contributed by atoms with Crippen LogP contribution in [0.1, 0.15) is 24.0 Å². The normalized spacial score (nSPS) is 16.2. The second-order valence-electron chi connectivity index (χ2n) is 6.43. The first-order valence-electron chi connectivity index (χ1n) is 8.39. The lowest BCUT2D eigenvalue weighted by atomic mass is 9.74. The van der Waals surface area contributed by atoms with Crippen molar-refractivity contribution in [3.05, 3.63) is 59.5 Å². The van der Waals surface area contributed by atoms with E-state index in [2.05, 4.69) is 15.6 Å². The fourth-order valence-electron chi connectivity index (χ4n) is 3.08. The molecule has 2 N–H and O–H groups in total. The van der Waals surface area contributed by atoms with Crippen LogP contribution in [0.4, 0.5) is 10.2 Å². The molecule has 2 aromatic rings. The Hall–Kier alpha value is -2.05. The summed E-state index contributed by atoms with van der Waals surface area (Å²) in [7, 11) is 0. The molecule has 0 spiro atoms. The lowest BCUT2D eigenvalue weighted by Crippen LogP contribution is -2.45. The summed E-state index contributed by atoms with van der Waals surface area (Å²) in [5, 5.41) is 6.94. The Bertz CT molecular complexity index is 712. The number of nitrogens with one attached hydrogen (secondary N) is 2. The zero-order chi connectivity index (χ0) is 17.7. The van der Waals surface area contributed by atoms with Crippen LogP contribution in [0.2, 0.25) is 0 Å². The molecule has 0 amide bonds. The summed E-state index contributed by atoms with van der Waals surface area (Å²) in [6, 6.07) is 10.6. The fourth-order valence-corrected chi connectivity index (χ4v) is 3.26. The summed E-state index contributed by atoms with van der Waals surface area (Å²) in [4.78, 5) is 4.30. The molecular weight excluding hydrogens is 337 g/mol. The van der Waals surface area contributed by atoms with Gasteiger partial charge in [0.25, 0.3) is 0 Å². The van der Waals surface area contributed by atoms with Gasteiger partial charge in [-0.2, -0.15) is 0 Å². The molecule has 25 heavy (non-hydrogen) atoms. The maximum atomic E-state index is 13.3. The summed E-state index contributed by atoms with van der Waals surface area (Å²) in [6.45, 7) is 4.04. The predicted octanol–water partition coefficient (Wildman–Crippen LogP) is 3.56. The summed E-state index contributed by atoms with van der Waals surface area (Å²) in [6.07, 6.45) is 3.54. The molecule has 1 saturated heterocycles. The zero-order valence-electron chi connectivity index (χ0n) is 14.2. The van der Waals surface area contributed by atoms with E-state index in [1.165, 1.54) is 12.1 Å². The number of hydrogen-bond donors (Lipinski definition) is 2. The molecule has 1 aliphatic rings. The molecule has 0 radical (unpaired) electrons. The van der Waals surface area contributed by atoms with Gasteiger partial charge in [-0.3, -0.25) is 0 Å². The van der Waals surface area contributed by atoms with Gasteiger partial charge in [-0.1, -0.05) is 18.2 Å². The van der Waals surface area contributed by atoms with Crippen molar-refractivity contribution >= 4 is 23.1 Å². The average Bonchev–Trinajstić information content (AvgIpc) is 2.63. The molecule has 1 aliphatic heterocycles. The number of nitrogens with zero attached hydrogens (tertiary/aromatic N) is 1. The summed E-state index contributed by atoms with van der Waals surface area (Å²) >= 11 is 5.40. The second kappa shape index (κ2) is 7.89. The molecule has 2 heterocycles. The van der Waals surface area contributed by atoms with E-state index in [1.54, 1.807) is 6.20 Å². The zero-order valence-corrected chi connectivity index (χ0v) is 15.0. The molecule has 6 heteroatoms. The van der Waals surface area contributed by atoms with Crippen LogP contribution in [0.15, 0.2) is 42.6 Å². The topological polar surface area (TPSA) is 46.2 Å². The van der Waals surface area contributed by atoms with E-state index in [4.69, 9.17) is 17.0 Å². The summed E-state index contributed by atoms with van der Waals surface area (Å²) in [5.74, 6) is 0.493. The number of thiocarbonyl (C=S) groups is 1. The third-order valence-corrected chi connectivity index (χ3v) is 4.89. The molecule has 0 saturated carbocycles. The maximum absolute atomic E-state index is 13.3. The first kappa shape index (κ1) is 17.8. The minimum atomic E-state index is -0.221. The first-order chi connectivity index (χ1) is 12.1. The van der Waals surface area contributed by atoms with Gasteiger partial charge in [0.15, 0.2) is 5.11 Å². The quantitative estimate of drug-likeness (QED) is 0.818. The summed E-state index contributed by atoms with van der Waals surface area (Å²) < 4.78 is 18.8. The Morgan fingerprint density at radius 2 is 1.92 bits per heavy atom. The number of pyridine rings is 1. The van der Waals surface area contributed by atoms with E-state index in [-0.39, 0.29) is 11.2 Å². The number of rotatable bonds is 4. The fraction of sp³-hybridized carbons (Fsp3) is 0.368. The van der Waals surface area contributed by atoms with E-state index in [9.17, 15) is 4.39 Å². The highest BCUT2D eigenvalue weighted by atomic mass is 32.1. The van der Waals surface area contributed by atoms with Crippen LogP contribution < -0.4 is 10.6 Å². The number of aryl methyl sites for hydroxylation is 1. The lowest BCUT2D eigenvalue weighted by Gasteiger charge is -2.38. The van der Waals surface area contributed by atoms with E-state index in [1.807, 2.05) is 31.2 Å². The minimum absolute atomic E-state index is 0.113. The largest absolute Gasteiger partial charge is 0.381 e. The molecule has 0 bridgehead atoms. The molecule has 0 atom stereocenters. The molecule has 1 fully saturated rings. The highest BCUT2D eigenvalue weighted by Gasteiger charge is 2.34. The number of ether oxygens (including phenoxy) is 1. The number of benzene rings is 1. The van der Waals surface area contributed by atoms with Gasteiger partial charge in [-0.25, -0.2) is 9.37 Å². The Balaban J connectivity index is 1.67. The predicted molar refractivity (Wildman–Crippen MR) is 101 cm³/mol. The van der Waals surface area contributed by atoms with Crippen molar-refractivity contribution < 1.29 is 9.13 Å². The SMILES string of the molecule is Cc1ccc(NC(=S)NCC2(c3ccc(F)cc3)CCOCC2)nc1. The van der Waals surface area contributed by atoms with Gasteiger partial charge in [0.1, 0.15) is 11.6 Å². The van der Waals surface area contributed by atoms with Gasteiger partial charge in [-0.15, -0.1) is 0 Å². The molecular formula is C19H22FN3OS. The Morgan fingerprint density at radius 3 is 2.56 bits per heavy atom. The van der Waals surface area contributed by atoms with Crippen molar-refractivity contribution in [2.24, 2.45) is 0 Å². The molecule has 4 nitrogen and oxygen atoms in total. The Morgan fingerprint density at radius 1 is 1.20 bits per heavy atom. The van der Waals surface area contributed by atoms with Gasteiger partial charge in [0, 0.05) is 31.4 Å². The van der Waals surface area contributed by atoms with Crippen LogP contribution in [0.5, 0.6) is 0 Å². The highest BCUT2D eigenvalue weighted by molar-refractivity contribution is 7.80. The molecule has 1 aromatic heterocycles. The molecule has 1 aromatic carbocycles. The van der Waals surface area contributed by atoms with Crippen molar-refractivity contribution in [3.63, 3.8) is 0 Å². The first-order valence-corrected chi connectivity index (χ1v) is 8.80. The van der Waals surface area contributed by atoms with Gasteiger partial charge in [0.2, 0.25) is 0 Å². The Labute approximate surface area is 152 Å². The van der Waals surface area contributed by atoms with Crippen molar-refractivity contribution in [1.29, 1.82) is 0 Å². The number of aromatic nitrogens is 1. The highest BCUT2D eigenvalue weighted by Crippen LogP contribution is 2.34. The molecule has 3 rings (SSSR count). The maximum Gasteiger partial charge on any atom is 0.171 e. The third-order valence-electron chi connectivity index (χ3n) is 4.65. The van der Waals surface area contributed by atoms with Crippen LogP contribution in [-0.4, -0.2) is 29.9 Å². The lowest BCUT2D eigenvalue weighted by molar-refractivity contribution is 0.0515. The standard InChI is InChI=1S/C19H22FN3OS/c1-14-2-7-17(21-12-14)23-18(25)22-13-19(8-10-24-11-9-19)15-3-5-16(20)6-4-15/h2-7,12H,8-11,13H2,1H3,(H2,21,22,23,25). The van der Waals surface area contributed by atoms with E-state index in [0.29, 0.717) is 30.7 Å². The van der Waals surface area contributed by atoms with Gasteiger partial charge in [0.05, 0.1) is 0 Å². The Kier molecular flexibility index (Phi) is 5.60. The van der Waals surface area contributed by atoms with E-state index < -0.39 is 0 Å². The molecule has 0 aliphatic carbocycles. The van der Waals surface area contributed by atoms with Crippen molar-refractivity contribution in [2.45, 2.75) is 25.2 Å². The van der Waals surface area contributed by atoms with E-state index >= 15 is 0 Å². The third kappa shape index (κ3) is 4.52. The van der Waals surface area contributed by atoms with Crippen molar-refractivity contribution in [3.8, 4) is 0 Å². The monoisotopic (exact) mass is 359 g/mol. The van der Waals surface area contributed by atoms with Crippen LogP contribution in [0.3, 0.4) is 0 Å². The van der Waals surface area contributed by atoms with Gasteiger partial charge < -0.3 is 15.4 Å². The number of anilines is 1. The molecule has 0 unspecified atom stereocenters. The average molecular weight is 359 g/mol. The number of hydrogen-bond acceptors (Lipinski definition) is 3. The van der Waals surface area contributed by atoms with Crippen LogP contribution >= 0.6 is 12.2 Å². The minimum Gasteiger partial charge on any atom is -0.381 e. The smallest absolute Gasteiger partial charge is 0.171 e. The second-order valence-corrected chi connectivity index (χ2v) is 6.84. The van der Waals surface area contributed by atoms with Crippen LogP contribution in [0.25, 0.3) is 0 Å². The van der Waals surface area contributed by atoms with Crippen LogP contribution in [-0.2, 0) is 10.2 Å².